The first kappa shape index (κ1) is 12.3. The Morgan fingerprint density at radius 3 is 2.69 bits per heavy atom. The minimum atomic E-state index is 0.559. The van der Waals surface area contributed by atoms with Crippen LogP contribution in [-0.2, 0) is 0 Å². The highest BCUT2D eigenvalue weighted by molar-refractivity contribution is 8.13. The van der Waals surface area contributed by atoms with E-state index in [1.165, 1.54) is 49.4 Å². The van der Waals surface area contributed by atoms with Gasteiger partial charge < -0.3 is 5.32 Å². The van der Waals surface area contributed by atoms with Crippen molar-refractivity contribution in [2.24, 2.45) is 10.4 Å². The summed E-state index contributed by atoms with van der Waals surface area (Å²) in [4.78, 5) is 4.76. The number of hydrogen-bond acceptors (Lipinski definition) is 3. The molecule has 1 aliphatic heterocycles. The topological polar surface area (TPSA) is 24.4 Å². The van der Waals surface area contributed by atoms with Crippen LogP contribution in [0.2, 0.25) is 0 Å². The van der Waals surface area contributed by atoms with Crippen LogP contribution in [0.5, 0.6) is 0 Å². The summed E-state index contributed by atoms with van der Waals surface area (Å²) in [6, 6.07) is 0.562. The highest BCUT2D eigenvalue weighted by atomic mass is 32.2. The fourth-order valence-electron chi connectivity index (χ4n) is 2.56. The van der Waals surface area contributed by atoms with Crippen molar-refractivity contribution in [1.29, 1.82) is 0 Å². The second-order valence-electron chi connectivity index (χ2n) is 5.42. The van der Waals surface area contributed by atoms with Gasteiger partial charge in [0, 0.05) is 18.3 Å². The molecule has 1 atom stereocenters. The van der Waals surface area contributed by atoms with Crippen molar-refractivity contribution in [2.75, 3.05) is 12.3 Å². The molecular weight excluding hydrogens is 216 g/mol. The van der Waals surface area contributed by atoms with Gasteiger partial charge in [-0.15, -0.1) is 0 Å². The van der Waals surface area contributed by atoms with Gasteiger partial charge in [0.25, 0.3) is 0 Å². The van der Waals surface area contributed by atoms with Gasteiger partial charge in [0.05, 0.1) is 0 Å². The second-order valence-corrected chi connectivity index (χ2v) is 6.39. The maximum atomic E-state index is 4.76. The van der Waals surface area contributed by atoms with Gasteiger partial charge in [-0.1, -0.05) is 37.9 Å². The van der Waals surface area contributed by atoms with E-state index in [9.17, 15) is 0 Å². The Bertz CT molecular complexity index is 257. The van der Waals surface area contributed by atoms with E-state index in [-0.39, 0.29) is 0 Å². The second kappa shape index (κ2) is 5.44. The minimum Gasteiger partial charge on any atom is -0.362 e. The summed E-state index contributed by atoms with van der Waals surface area (Å²) in [6.07, 6.45) is 8.26. The third-order valence-corrected chi connectivity index (χ3v) is 5.25. The van der Waals surface area contributed by atoms with E-state index in [1.807, 2.05) is 11.8 Å². The number of hydrogen-bond donors (Lipinski definition) is 1. The van der Waals surface area contributed by atoms with Crippen molar-refractivity contribution in [3.63, 3.8) is 0 Å². The molecule has 0 amide bonds. The van der Waals surface area contributed by atoms with Crippen LogP contribution in [0.3, 0.4) is 0 Å². The molecule has 0 bridgehead atoms. The summed E-state index contributed by atoms with van der Waals surface area (Å²) in [5, 5.41) is 4.69. The zero-order valence-corrected chi connectivity index (χ0v) is 11.4. The lowest BCUT2D eigenvalue weighted by Gasteiger charge is -2.38. The first-order valence-corrected chi connectivity index (χ1v) is 7.66. The molecule has 1 saturated carbocycles. The maximum Gasteiger partial charge on any atom is 0.156 e. The van der Waals surface area contributed by atoms with Crippen LogP contribution < -0.4 is 5.32 Å². The van der Waals surface area contributed by atoms with E-state index in [0.29, 0.717) is 11.5 Å². The molecule has 1 aliphatic carbocycles. The van der Waals surface area contributed by atoms with Crippen LogP contribution in [0.15, 0.2) is 4.99 Å². The molecule has 0 radical (unpaired) electrons. The van der Waals surface area contributed by atoms with Gasteiger partial charge in [0.1, 0.15) is 0 Å². The molecule has 0 aromatic carbocycles. The summed E-state index contributed by atoms with van der Waals surface area (Å²) in [5.41, 5.74) is 0.559. The van der Waals surface area contributed by atoms with Crippen LogP contribution in [-0.4, -0.2) is 23.5 Å². The zero-order chi connectivity index (χ0) is 11.4. The van der Waals surface area contributed by atoms with Gasteiger partial charge in [-0.3, -0.25) is 4.99 Å². The average Bonchev–Trinajstić information content (AvgIpc) is 2.33. The van der Waals surface area contributed by atoms with Gasteiger partial charge >= 0.3 is 0 Å². The predicted molar refractivity (Wildman–Crippen MR) is 73.2 cm³/mol. The Morgan fingerprint density at radius 1 is 1.38 bits per heavy atom. The van der Waals surface area contributed by atoms with Crippen LogP contribution in [0.1, 0.15) is 52.4 Å². The standard InChI is InChI=1S/C13H24N2S/c1-3-11(2)15-12-14-9-13(10-16-12)7-5-4-6-8-13/h11H,3-10H2,1-2H3,(H,14,15). The molecule has 1 fully saturated rings. The van der Waals surface area contributed by atoms with Gasteiger partial charge in [-0.2, -0.15) is 0 Å². The van der Waals surface area contributed by atoms with Crippen molar-refractivity contribution in [1.82, 2.24) is 5.32 Å². The first-order valence-electron chi connectivity index (χ1n) is 6.68. The third-order valence-electron chi connectivity index (χ3n) is 3.97. The fraction of sp³-hybridized carbons (Fsp3) is 0.923. The molecule has 0 aromatic heterocycles. The third kappa shape index (κ3) is 2.93. The molecule has 3 heteroatoms. The van der Waals surface area contributed by atoms with Crippen LogP contribution in [0.4, 0.5) is 0 Å². The summed E-state index contributed by atoms with van der Waals surface area (Å²) >= 11 is 1.95. The number of aliphatic imine (C=N–C) groups is 1. The molecule has 2 nitrogen and oxygen atoms in total. The van der Waals surface area contributed by atoms with Gasteiger partial charge in [-0.25, -0.2) is 0 Å². The van der Waals surface area contributed by atoms with Crippen LogP contribution in [0.25, 0.3) is 0 Å². The average molecular weight is 240 g/mol. The van der Waals surface area contributed by atoms with E-state index in [0.717, 1.165) is 6.54 Å². The van der Waals surface area contributed by atoms with Gasteiger partial charge in [0.2, 0.25) is 0 Å². The quantitative estimate of drug-likeness (QED) is 0.799. The number of thioether (sulfide) groups is 1. The summed E-state index contributed by atoms with van der Waals surface area (Å²) in [7, 11) is 0. The number of nitrogens with one attached hydrogen (secondary N) is 1. The lowest BCUT2D eigenvalue weighted by atomic mass is 9.75. The molecule has 1 N–H and O–H groups in total. The molecule has 0 aromatic rings. The van der Waals surface area contributed by atoms with Gasteiger partial charge in [-0.05, 0) is 31.6 Å². The van der Waals surface area contributed by atoms with E-state index >= 15 is 0 Å². The Hall–Kier alpha value is -0.180. The molecule has 16 heavy (non-hydrogen) atoms. The molecule has 0 saturated heterocycles. The Balaban J connectivity index is 1.88. The maximum absolute atomic E-state index is 4.76. The Labute approximate surface area is 104 Å². The van der Waals surface area contributed by atoms with E-state index in [1.54, 1.807) is 0 Å². The van der Waals surface area contributed by atoms with E-state index < -0.39 is 0 Å². The Kier molecular flexibility index (Phi) is 4.17. The highest BCUT2D eigenvalue weighted by Crippen LogP contribution is 2.41. The fourth-order valence-corrected chi connectivity index (χ4v) is 3.82. The lowest BCUT2D eigenvalue weighted by Crippen LogP contribution is -2.39. The minimum absolute atomic E-state index is 0.559. The SMILES string of the molecule is CCC(C)NC1=NCC2(CCCCC2)CS1. The number of rotatable bonds is 2. The molecule has 2 rings (SSSR count). The first-order chi connectivity index (χ1) is 7.74. The van der Waals surface area contributed by atoms with Crippen molar-refractivity contribution in [3.8, 4) is 0 Å². The van der Waals surface area contributed by atoms with Crippen molar-refractivity contribution in [2.45, 2.75) is 58.4 Å². The summed E-state index contributed by atoms with van der Waals surface area (Å²) in [5.74, 6) is 1.29. The molecule has 1 spiro atoms. The highest BCUT2D eigenvalue weighted by Gasteiger charge is 2.34. The molecule has 92 valence electrons. The molecule has 1 unspecified atom stereocenters. The number of amidine groups is 1. The predicted octanol–water partition coefficient (Wildman–Crippen LogP) is 3.43. The molecular formula is C13H24N2S. The lowest BCUT2D eigenvalue weighted by molar-refractivity contribution is 0.232. The summed E-state index contributed by atoms with van der Waals surface area (Å²) < 4.78 is 0. The zero-order valence-electron chi connectivity index (χ0n) is 10.6. The van der Waals surface area contributed by atoms with Crippen molar-refractivity contribution >= 4 is 16.9 Å². The van der Waals surface area contributed by atoms with Crippen LogP contribution >= 0.6 is 11.8 Å². The van der Waals surface area contributed by atoms with Crippen molar-refractivity contribution in [3.05, 3.63) is 0 Å². The van der Waals surface area contributed by atoms with Crippen molar-refractivity contribution < 1.29 is 0 Å². The smallest absolute Gasteiger partial charge is 0.156 e. The normalized spacial score (nSPS) is 26.2. The Morgan fingerprint density at radius 2 is 2.12 bits per heavy atom. The monoisotopic (exact) mass is 240 g/mol. The van der Waals surface area contributed by atoms with E-state index in [4.69, 9.17) is 4.99 Å². The van der Waals surface area contributed by atoms with Gasteiger partial charge in [0.15, 0.2) is 5.17 Å². The van der Waals surface area contributed by atoms with Crippen LogP contribution in [0, 0.1) is 5.41 Å². The largest absolute Gasteiger partial charge is 0.362 e. The molecule has 1 heterocycles. The number of nitrogens with zero attached hydrogens (tertiary/aromatic N) is 1. The molecule has 2 aliphatic rings. The summed E-state index contributed by atoms with van der Waals surface area (Å²) in [6.45, 7) is 5.52. The van der Waals surface area contributed by atoms with E-state index in [2.05, 4.69) is 19.2 Å².